The highest BCUT2D eigenvalue weighted by atomic mass is 16.3. The normalized spacial score (nSPS) is 18.0. The molecule has 0 spiro atoms. The molecule has 6 heteroatoms. The molecule has 0 saturated carbocycles. The predicted molar refractivity (Wildman–Crippen MR) is 96.1 cm³/mol. The molecule has 25 heavy (non-hydrogen) atoms. The highest BCUT2D eigenvalue weighted by Gasteiger charge is 2.32. The number of carbonyl (C=O) groups is 1. The first kappa shape index (κ1) is 17.7. The first-order valence-corrected chi connectivity index (χ1v) is 8.90. The van der Waals surface area contributed by atoms with Crippen LogP contribution < -0.4 is 0 Å². The fourth-order valence-corrected chi connectivity index (χ4v) is 3.80. The standard InChI is InChI=1S/C19H28N4O2/c1-13-8-9-16(25-13)11-21(4)18(24)12-23-10-6-7-17(23)19-14(2)20-22(5)15(19)3/h8-9,17H,6-7,10-12H2,1-5H3/t17-/m1/s1. The number of hydrogen-bond acceptors (Lipinski definition) is 4. The molecule has 0 unspecified atom stereocenters. The van der Waals surface area contributed by atoms with E-state index in [1.54, 1.807) is 4.90 Å². The molecule has 1 saturated heterocycles. The number of aromatic nitrogens is 2. The average molecular weight is 344 g/mol. The Kier molecular flexibility index (Phi) is 4.99. The molecule has 1 atom stereocenters. The predicted octanol–water partition coefficient (Wildman–Crippen LogP) is 2.73. The van der Waals surface area contributed by atoms with Crippen molar-refractivity contribution in [1.82, 2.24) is 19.6 Å². The van der Waals surface area contributed by atoms with Gasteiger partial charge in [-0.2, -0.15) is 5.10 Å². The Hall–Kier alpha value is -2.08. The average Bonchev–Trinajstić information content (AvgIpc) is 3.22. The van der Waals surface area contributed by atoms with Crippen molar-refractivity contribution in [2.75, 3.05) is 20.1 Å². The molecule has 1 aliphatic rings. The second kappa shape index (κ2) is 7.04. The van der Waals surface area contributed by atoms with Crippen molar-refractivity contribution < 1.29 is 9.21 Å². The third-order valence-electron chi connectivity index (χ3n) is 5.22. The van der Waals surface area contributed by atoms with Gasteiger partial charge in [0.05, 0.1) is 18.8 Å². The largest absolute Gasteiger partial charge is 0.464 e. The van der Waals surface area contributed by atoms with Crippen LogP contribution in [0.2, 0.25) is 0 Å². The number of nitrogens with zero attached hydrogens (tertiary/aromatic N) is 4. The monoisotopic (exact) mass is 344 g/mol. The number of likely N-dealkylation sites (N-methyl/N-ethyl adjacent to an activating group) is 1. The van der Waals surface area contributed by atoms with Crippen LogP contribution in [0.3, 0.4) is 0 Å². The second-order valence-electron chi connectivity index (χ2n) is 7.10. The molecule has 3 heterocycles. The van der Waals surface area contributed by atoms with Crippen molar-refractivity contribution in [2.45, 2.75) is 46.2 Å². The lowest BCUT2D eigenvalue weighted by Gasteiger charge is -2.26. The summed E-state index contributed by atoms with van der Waals surface area (Å²) in [5, 5.41) is 4.54. The van der Waals surface area contributed by atoms with Crippen molar-refractivity contribution in [3.05, 3.63) is 40.6 Å². The van der Waals surface area contributed by atoms with E-state index in [-0.39, 0.29) is 11.9 Å². The number of rotatable bonds is 5. The van der Waals surface area contributed by atoms with Crippen molar-refractivity contribution in [3.8, 4) is 0 Å². The maximum Gasteiger partial charge on any atom is 0.236 e. The molecule has 0 aliphatic carbocycles. The summed E-state index contributed by atoms with van der Waals surface area (Å²) in [4.78, 5) is 16.7. The number of likely N-dealkylation sites (tertiary alicyclic amines) is 1. The van der Waals surface area contributed by atoms with Crippen LogP contribution >= 0.6 is 0 Å². The van der Waals surface area contributed by atoms with Crippen molar-refractivity contribution in [1.29, 1.82) is 0 Å². The first-order valence-electron chi connectivity index (χ1n) is 8.90. The molecule has 0 N–H and O–H groups in total. The Labute approximate surface area is 149 Å². The molecule has 136 valence electrons. The van der Waals surface area contributed by atoms with Gasteiger partial charge in [-0.3, -0.25) is 14.4 Å². The maximum atomic E-state index is 12.7. The molecular formula is C19H28N4O2. The van der Waals surface area contributed by atoms with E-state index < -0.39 is 0 Å². The molecule has 1 amide bonds. The van der Waals surface area contributed by atoms with Gasteiger partial charge in [-0.05, 0) is 52.3 Å². The van der Waals surface area contributed by atoms with Gasteiger partial charge < -0.3 is 9.32 Å². The van der Waals surface area contributed by atoms with Gasteiger partial charge in [-0.15, -0.1) is 0 Å². The zero-order valence-electron chi connectivity index (χ0n) is 15.9. The molecule has 2 aromatic rings. The lowest BCUT2D eigenvalue weighted by molar-refractivity contribution is -0.132. The third-order valence-corrected chi connectivity index (χ3v) is 5.22. The van der Waals surface area contributed by atoms with Crippen LogP contribution in [0.1, 0.15) is 47.4 Å². The Morgan fingerprint density at radius 2 is 2.12 bits per heavy atom. The molecule has 0 aromatic carbocycles. The van der Waals surface area contributed by atoms with Gasteiger partial charge in [-0.1, -0.05) is 0 Å². The minimum atomic E-state index is 0.125. The van der Waals surface area contributed by atoms with Crippen molar-refractivity contribution in [2.24, 2.45) is 7.05 Å². The topological polar surface area (TPSA) is 54.5 Å². The summed E-state index contributed by atoms with van der Waals surface area (Å²) in [6, 6.07) is 4.15. The fourth-order valence-electron chi connectivity index (χ4n) is 3.80. The zero-order valence-corrected chi connectivity index (χ0v) is 15.9. The van der Waals surface area contributed by atoms with Gasteiger partial charge in [0.2, 0.25) is 5.91 Å². The van der Waals surface area contributed by atoms with E-state index >= 15 is 0 Å². The van der Waals surface area contributed by atoms with Crippen LogP contribution in [0.15, 0.2) is 16.5 Å². The van der Waals surface area contributed by atoms with Gasteiger partial charge in [0.25, 0.3) is 0 Å². The van der Waals surface area contributed by atoms with E-state index in [1.165, 1.54) is 11.3 Å². The van der Waals surface area contributed by atoms with Crippen LogP contribution in [0.4, 0.5) is 0 Å². The molecular weight excluding hydrogens is 316 g/mol. The van der Waals surface area contributed by atoms with E-state index in [9.17, 15) is 4.79 Å². The Balaban J connectivity index is 1.67. The van der Waals surface area contributed by atoms with Crippen molar-refractivity contribution in [3.63, 3.8) is 0 Å². The molecule has 2 aromatic heterocycles. The van der Waals surface area contributed by atoms with Crippen molar-refractivity contribution >= 4 is 5.91 Å². The Bertz CT molecular complexity index is 762. The molecule has 0 bridgehead atoms. The summed E-state index contributed by atoms with van der Waals surface area (Å²) < 4.78 is 7.52. The maximum absolute atomic E-state index is 12.7. The lowest BCUT2D eigenvalue weighted by atomic mass is 10.0. The van der Waals surface area contributed by atoms with Gasteiger partial charge in [0, 0.05) is 31.4 Å². The number of amides is 1. The van der Waals surface area contributed by atoms with Crippen LogP contribution in [0.25, 0.3) is 0 Å². The summed E-state index contributed by atoms with van der Waals surface area (Å²) in [6.07, 6.45) is 2.20. The smallest absolute Gasteiger partial charge is 0.236 e. The zero-order chi connectivity index (χ0) is 18.1. The summed E-state index contributed by atoms with van der Waals surface area (Å²) in [6.45, 7) is 7.99. The third kappa shape index (κ3) is 3.63. The van der Waals surface area contributed by atoms with Crippen LogP contribution in [0, 0.1) is 20.8 Å². The number of hydrogen-bond donors (Lipinski definition) is 0. The van der Waals surface area contributed by atoms with Gasteiger partial charge in [0.15, 0.2) is 0 Å². The van der Waals surface area contributed by atoms with Gasteiger partial charge in [-0.25, -0.2) is 0 Å². The van der Waals surface area contributed by atoms with Gasteiger partial charge in [0.1, 0.15) is 11.5 Å². The summed E-state index contributed by atoms with van der Waals surface area (Å²) in [5.41, 5.74) is 3.56. The SMILES string of the molecule is Cc1ccc(CN(C)C(=O)CN2CCC[C@@H]2c2c(C)nn(C)c2C)o1. The lowest BCUT2D eigenvalue weighted by Crippen LogP contribution is -2.38. The Morgan fingerprint density at radius 3 is 2.72 bits per heavy atom. The fraction of sp³-hybridized carbons (Fsp3) is 0.579. The molecule has 1 fully saturated rings. The van der Waals surface area contributed by atoms with E-state index in [2.05, 4.69) is 23.8 Å². The quantitative estimate of drug-likeness (QED) is 0.837. The summed E-state index contributed by atoms with van der Waals surface area (Å²) in [5.74, 6) is 1.82. The van der Waals surface area contributed by atoms with E-state index in [0.717, 1.165) is 36.6 Å². The number of carbonyl (C=O) groups excluding carboxylic acids is 1. The number of aryl methyl sites for hydroxylation is 3. The van der Waals surface area contributed by atoms with Gasteiger partial charge >= 0.3 is 0 Å². The Morgan fingerprint density at radius 1 is 1.36 bits per heavy atom. The van der Waals surface area contributed by atoms with Crippen LogP contribution in [0.5, 0.6) is 0 Å². The molecule has 3 rings (SSSR count). The minimum Gasteiger partial charge on any atom is -0.464 e. The van der Waals surface area contributed by atoms with E-state index in [0.29, 0.717) is 13.1 Å². The highest BCUT2D eigenvalue weighted by Crippen LogP contribution is 2.35. The first-order chi connectivity index (χ1) is 11.9. The van der Waals surface area contributed by atoms with Crippen LogP contribution in [-0.2, 0) is 18.4 Å². The molecule has 0 radical (unpaired) electrons. The van der Waals surface area contributed by atoms with Crippen LogP contribution in [-0.4, -0.2) is 45.6 Å². The molecule has 1 aliphatic heterocycles. The highest BCUT2D eigenvalue weighted by molar-refractivity contribution is 5.78. The summed E-state index contributed by atoms with van der Waals surface area (Å²) in [7, 11) is 3.82. The summed E-state index contributed by atoms with van der Waals surface area (Å²) >= 11 is 0. The second-order valence-corrected chi connectivity index (χ2v) is 7.10. The molecule has 6 nitrogen and oxygen atoms in total. The minimum absolute atomic E-state index is 0.125. The number of furan rings is 1. The van der Waals surface area contributed by atoms with E-state index in [4.69, 9.17) is 4.42 Å². The van der Waals surface area contributed by atoms with E-state index in [1.807, 2.05) is 37.8 Å².